The Bertz CT molecular complexity index is 1390. The van der Waals surface area contributed by atoms with E-state index < -0.39 is 0 Å². The van der Waals surface area contributed by atoms with Gasteiger partial charge in [-0.25, -0.2) is 9.78 Å². The summed E-state index contributed by atoms with van der Waals surface area (Å²) in [6.45, 7) is 4.03. The Morgan fingerprint density at radius 3 is 2.53 bits per heavy atom. The van der Waals surface area contributed by atoms with Crippen LogP contribution in [0.4, 0.5) is 5.00 Å². The Hall–Kier alpha value is -3.51. The summed E-state index contributed by atoms with van der Waals surface area (Å²) in [6.07, 6.45) is 3.90. The minimum atomic E-state index is -0.363. The van der Waals surface area contributed by atoms with Crippen LogP contribution in [-0.2, 0) is 17.6 Å². The molecule has 5 nitrogen and oxygen atoms in total. The first-order valence-electron chi connectivity index (χ1n) is 11.7. The zero-order chi connectivity index (χ0) is 23.7. The summed E-state index contributed by atoms with van der Waals surface area (Å²) in [7, 11) is 0. The van der Waals surface area contributed by atoms with Gasteiger partial charge in [0.1, 0.15) is 5.00 Å². The highest BCUT2D eigenvalue weighted by atomic mass is 32.1. The van der Waals surface area contributed by atoms with Crippen molar-refractivity contribution in [3.8, 4) is 11.3 Å². The van der Waals surface area contributed by atoms with Crippen molar-refractivity contribution in [2.45, 2.75) is 39.5 Å². The van der Waals surface area contributed by atoms with Gasteiger partial charge in [-0.1, -0.05) is 48.5 Å². The number of esters is 1. The highest BCUT2D eigenvalue weighted by Gasteiger charge is 2.28. The van der Waals surface area contributed by atoms with E-state index in [4.69, 9.17) is 9.72 Å². The fourth-order valence-electron chi connectivity index (χ4n) is 4.72. The summed E-state index contributed by atoms with van der Waals surface area (Å²) in [5.41, 5.74) is 5.43. The van der Waals surface area contributed by atoms with Crippen molar-refractivity contribution < 1.29 is 14.3 Å². The topological polar surface area (TPSA) is 68.3 Å². The summed E-state index contributed by atoms with van der Waals surface area (Å²) < 4.78 is 5.36. The number of nitrogens with one attached hydrogen (secondary N) is 1. The van der Waals surface area contributed by atoms with Gasteiger partial charge in [0.15, 0.2) is 0 Å². The van der Waals surface area contributed by atoms with E-state index in [-0.39, 0.29) is 11.9 Å². The number of nitrogens with zero attached hydrogens (tertiary/aromatic N) is 1. The lowest BCUT2D eigenvalue weighted by Crippen LogP contribution is -2.17. The van der Waals surface area contributed by atoms with Crippen LogP contribution in [-0.4, -0.2) is 23.5 Å². The molecule has 5 rings (SSSR count). The van der Waals surface area contributed by atoms with Crippen LogP contribution >= 0.6 is 11.3 Å². The Kier molecular flexibility index (Phi) is 6.16. The summed E-state index contributed by atoms with van der Waals surface area (Å²) in [6, 6.07) is 17.6. The van der Waals surface area contributed by atoms with E-state index in [0.717, 1.165) is 59.0 Å². The predicted octanol–water partition coefficient (Wildman–Crippen LogP) is 6.58. The smallest absolute Gasteiger partial charge is 0.341 e. The number of aryl methyl sites for hydroxylation is 1. The molecule has 1 aliphatic rings. The van der Waals surface area contributed by atoms with Crippen LogP contribution in [0.25, 0.3) is 22.2 Å². The summed E-state index contributed by atoms with van der Waals surface area (Å²) in [4.78, 5) is 32.7. The molecular formula is C28H26N2O3S. The maximum Gasteiger partial charge on any atom is 0.341 e. The van der Waals surface area contributed by atoms with Crippen molar-refractivity contribution in [3.63, 3.8) is 0 Å². The van der Waals surface area contributed by atoms with Crippen LogP contribution < -0.4 is 5.32 Å². The van der Waals surface area contributed by atoms with Crippen LogP contribution in [0.2, 0.25) is 0 Å². The molecule has 172 valence electrons. The van der Waals surface area contributed by atoms with Gasteiger partial charge in [0, 0.05) is 15.8 Å². The van der Waals surface area contributed by atoms with Gasteiger partial charge in [-0.2, -0.15) is 0 Å². The van der Waals surface area contributed by atoms with Crippen molar-refractivity contribution in [2.24, 2.45) is 0 Å². The number of fused-ring (bicyclic) bond motifs is 2. The maximum atomic E-state index is 13.8. The average Bonchev–Trinajstić information content (AvgIpc) is 3.22. The third-order valence-corrected chi connectivity index (χ3v) is 7.50. The molecule has 1 amide bonds. The molecular weight excluding hydrogens is 444 g/mol. The number of aromatic nitrogens is 1. The second kappa shape index (κ2) is 9.39. The first kappa shape index (κ1) is 22.3. The van der Waals surface area contributed by atoms with Crippen molar-refractivity contribution in [3.05, 3.63) is 81.7 Å². The first-order valence-corrected chi connectivity index (χ1v) is 12.5. The van der Waals surface area contributed by atoms with E-state index in [1.807, 2.05) is 61.5 Å². The monoisotopic (exact) mass is 470 g/mol. The lowest BCUT2D eigenvalue weighted by molar-refractivity contribution is 0.0526. The largest absolute Gasteiger partial charge is 0.462 e. The lowest BCUT2D eigenvalue weighted by atomic mass is 9.95. The Balaban J connectivity index is 1.62. The van der Waals surface area contributed by atoms with Gasteiger partial charge in [-0.05, 0) is 56.7 Å². The molecule has 2 aromatic carbocycles. The SMILES string of the molecule is CCOC(=O)c1c(NC(=O)c2c(C)c(-c3ccccc3)nc3ccccc23)sc2c1CCCC2. The minimum absolute atomic E-state index is 0.238. The molecule has 34 heavy (non-hydrogen) atoms. The molecule has 0 spiro atoms. The Morgan fingerprint density at radius 2 is 1.74 bits per heavy atom. The zero-order valence-corrected chi connectivity index (χ0v) is 20.1. The number of hydrogen-bond acceptors (Lipinski definition) is 5. The quantitative estimate of drug-likeness (QED) is 0.335. The maximum absolute atomic E-state index is 13.8. The molecule has 6 heteroatoms. The van der Waals surface area contributed by atoms with E-state index in [2.05, 4.69) is 5.32 Å². The molecule has 0 aliphatic heterocycles. The summed E-state index contributed by atoms with van der Waals surface area (Å²) >= 11 is 1.50. The molecule has 1 N–H and O–H groups in total. The van der Waals surface area contributed by atoms with Crippen LogP contribution in [0.1, 0.15) is 56.5 Å². The lowest BCUT2D eigenvalue weighted by Gasteiger charge is -2.15. The standard InChI is InChI=1S/C28H26N2O3S/c1-3-33-28(32)24-20-14-8-10-16-22(20)34-27(24)30-26(31)23-17(2)25(18-11-5-4-6-12-18)29-21-15-9-7-13-19(21)23/h4-7,9,11-13,15H,3,8,10,14,16H2,1-2H3,(H,30,31). The minimum Gasteiger partial charge on any atom is -0.462 e. The van der Waals surface area contributed by atoms with Crippen LogP contribution in [0.3, 0.4) is 0 Å². The fourth-order valence-corrected chi connectivity index (χ4v) is 5.99. The molecule has 0 unspecified atom stereocenters. The number of carbonyl (C=O) groups is 2. The fraction of sp³-hybridized carbons (Fsp3) is 0.250. The first-order chi connectivity index (χ1) is 16.6. The third-order valence-electron chi connectivity index (χ3n) is 6.29. The van der Waals surface area contributed by atoms with E-state index in [0.29, 0.717) is 22.7 Å². The van der Waals surface area contributed by atoms with Crippen molar-refractivity contribution in [1.29, 1.82) is 0 Å². The highest BCUT2D eigenvalue weighted by molar-refractivity contribution is 7.17. The molecule has 2 heterocycles. The third kappa shape index (κ3) is 3.99. The molecule has 4 aromatic rings. The van der Waals surface area contributed by atoms with Crippen molar-refractivity contribution >= 4 is 39.1 Å². The summed E-state index contributed by atoms with van der Waals surface area (Å²) in [5.74, 6) is -0.601. The van der Waals surface area contributed by atoms with E-state index in [1.54, 1.807) is 6.92 Å². The Labute approximate surface area is 202 Å². The molecule has 0 bridgehead atoms. The average molecular weight is 471 g/mol. The van der Waals surface area contributed by atoms with E-state index in [9.17, 15) is 9.59 Å². The number of para-hydroxylation sites is 1. The second-order valence-electron chi connectivity index (χ2n) is 8.43. The molecule has 0 saturated heterocycles. The number of ether oxygens (including phenoxy) is 1. The molecule has 1 aliphatic carbocycles. The van der Waals surface area contributed by atoms with E-state index in [1.165, 1.54) is 16.2 Å². The van der Waals surface area contributed by atoms with Crippen LogP contribution in [0, 0.1) is 6.92 Å². The van der Waals surface area contributed by atoms with Gasteiger partial charge in [0.05, 0.1) is 28.9 Å². The molecule has 0 fully saturated rings. The highest BCUT2D eigenvalue weighted by Crippen LogP contribution is 2.39. The number of hydrogen-bond donors (Lipinski definition) is 1. The van der Waals surface area contributed by atoms with Crippen molar-refractivity contribution in [1.82, 2.24) is 4.98 Å². The number of amides is 1. The second-order valence-corrected chi connectivity index (χ2v) is 9.54. The molecule has 0 atom stereocenters. The normalized spacial score (nSPS) is 12.9. The van der Waals surface area contributed by atoms with Gasteiger partial charge in [-0.15, -0.1) is 11.3 Å². The van der Waals surface area contributed by atoms with Gasteiger partial charge < -0.3 is 10.1 Å². The predicted molar refractivity (Wildman–Crippen MR) is 137 cm³/mol. The van der Waals surface area contributed by atoms with Crippen molar-refractivity contribution in [2.75, 3.05) is 11.9 Å². The molecule has 2 aromatic heterocycles. The number of thiophene rings is 1. The van der Waals surface area contributed by atoms with Gasteiger partial charge in [-0.3, -0.25) is 4.79 Å². The molecule has 0 saturated carbocycles. The number of carbonyl (C=O) groups excluding carboxylic acids is 2. The van der Waals surface area contributed by atoms with Gasteiger partial charge >= 0.3 is 5.97 Å². The molecule has 0 radical (unpaired) electrons. The van der Waals surface area contributed by atoms with Gasteiger partial charge in [0.25, 0.3) is 5.91 Å². The van der Waals surface area contributed by atoms with Crippen LogP contribution in [0.5, 0.6) is 0 Å². The number of benzene rings is 2. The Morgan fingerprint density at radius 1 is 1.00 bits per heavy atom. The number of anilines is 1. The number of rotatable bonds is 5. The number of pyridine rings is 1. The van der Waals surface area contributed by atoms with Gasteiger partial charge in [0.2, 0.25) is 0 Å². The van der Waals surface area contributed by atoms with E-state index >= 15 is 0 Å². The van der Waals surface area contributed by atoms with Crippen LogP contribution in [0.15, 0.2) is 54.6 Å². The summed E-state index contributed by atoms with van der Waals surface area (Å²) in [5, 5.41) is 4.45. The zero-order valence-electron chi connectivity index (χ0n) is 19.3.